The highest BCUT2D eigenvalue weighted by atomic mass is 16.6. The van der Waals surface area contributed by atoms with Crippen molar-refractivity contribution in [3.05, 3.63) is 133 Å². The van der Waals surface area contributed by atoms with Crippen molar-refractivity contribution in [2.45, 2.75) is 0 Å². The molecule has 34 heavy (non-hydrogen) atoms. The van der Waals surface area contributed by atoms with E-state index in [-0.39, 0.29) is 0 Å². The Balaban J connectivity index is 1.63. The van der Waals surface area contributed by atoms with Crippen LogP contribution in [0.5, 0.6) is 46.0 Å². The van der Waals surface area contributed by atoms with Crippen LogP contribution >= 0.6 is 0 Å². The molecule has 0 fully saturated rings. The summed E-state index contributed by atoms with van der Waals surface area (Å²) in [6.07, 6.45) is 0. The predicted octanol–water partition coefficient (Wildman–Crippen LogP) is 8.66. The number of hydrogen-bond acceptors (Lipinski definition) is 4. The van der Waals surface area contributed by atoms with Gasteiger partial charge in [0.1, 0.15) is 23.0 Å². The van der Waals surface area contributed by atoms with Gasteiger partial charge in [0.25, 0.3) is 0 Å². The van der Waals surface area contributed by atoms with Gasteiger partial charge in [-0.25, -0.2) is 0 Å². The maximum Gasteiger partial charge on any atom is 0.216 e. The summed E-state index contributed by atoms with van der Waals surface area (Å²) in [6.45, 7) is 0. The lowest BCUT2D eigenvalue weighted by molar-refractivity contribution is 0.366. The minimum atomic E-state index is 0.354. The van der Waals surface area contributed by atoms with Gasteiger partial charge in [0.15, 0.2) is 11.5 Å². The number of hydrogen-bond donors (Lipinski definition) is 0. The maximum atomic E-state index is 6.31. The molecule has 4 nitrogen and oxygen atoms in total. The summed E-state index contributed by atoms with van der Waals surface area (Å²) in [4.78, 5) is 0. The first-order valence-corrected chi connectivity index (χ1v) is 10.9. The van der Waals surface area contributed by atoms with Crippen LogP contribution in [0.3, 0.4) is 0 Å². The third kappa shape index (κ3) is 5.19. The molecule has 0 bridgehead atoms. The zero-order chi connectivity index (χ0) is 23.0. The fraction of sp³-hybridized carbons (Fsp3) is 0. The minimum Gasteiger partial charge on any atom is -0.453 e. The van der Waals surface area contributed by atoms with Gasteiger partial charge in [-0.1, -0.05) is 72.8 Å². The summed E-state index contributed by atoms with van der Waals surface area (Å²) in [7, 11) is 0. The van der Waals surface area contributed by atoms with Gasteiger partial charge >= 0.3 is 0 Å². The molecule has 0 spiro atoms. The second kappa shape index (κ2) is 10.3. The molecular formula is C30H21O4. The van der Waals surface area contributed by atoms with Gasteiger partial charge in [0.05, 0.1) is 0 Å². The van der Waals surface area contributed by atoms with E-state index >= 15 is 0 Å². The topological polar surface area (TPSA) is 36.9 Å². The van der Waals surface area contributed by atoms with Crippen LogP contribution in [-0.2, 0) is 0 Å². The van der Waals surface area contributed by atoms with Crippen molar-refractivity contribution in [1.29, 1.82) is 0 Å². The van der Waals surface area contributed by atoms with Crippen molar-refractivity contribution in [2.75, 3.05) is 0 Å². The quantitative estimate of drug-likeness (QED) is 0.239. The summed E-state index contributed by atoms with van der Waals surface area (Å²) in [5.74, 6) is 4.13. The van der Waals surface area contributed by atoms with Crippen molar-refractivity contribution >= 4 is 0 Å². The van der Waals surface area contributed by atoms with E-state index in [0.717, 1.165) is 0 Å². The van der Waals surface area contributed by atoms with Crippen LogP contribution in [0.2, 0.25) is 0 Å². The Labute approximate surface area is 198 Å². The standard InChI is InChI=1S/C30H21O4/c1-5-13-23(14-6-1)31-27-21-22-28(32-24-15-7-2-8-16-24)30(34-26-19-11-4-12-20-26)29(27)33-25-17-9-3-10-18-25/h1-21H. The molecule has 0 aliphatic carbocycles. The predicted molar refractivity (Wildman–Crippen MR) is 131 cm³/mol. The molecule has 5 rings (SSSR count). The average Bonchev–Trinajstić information content (AvgIpc) is 2.90. The second-order valence-corrected chi connectivity index (χ2v) is 7.30. The zero-order valence-corrected chi connectivity index (χ0v) is 18.3. The Kier molecular flexibility index (Phi) is 6.40. The molecule has 0 heterocycles. The Morgan fingerprint density at radius 3 is 1.24 bits per heavy atom. The molecule has 0 saturated heterocycles. The van der Waals surface area contributed by atoms with Crippen LogP contribution < -0.4 is 18.9 Å². The molecule has 0 unspecified atom stereocenters. The van der Waals surface area contributed by atoms with Crippen molar-refractivity contribution in [2.24, 2.45) is 0 Å². The molecule has 5 aromatic rings. The van der Waals surface area contributed by atoms with Gasteiger partial charge in [-0.2, -0.15) is 0 Å². The monoisotopic (exact) mass is 445 g/mol. The lowest BCUT2D eigenvalue weighted by Gasteiger charge is -2.19. The molecule has 0 aromatic heterocycles. The number of ether oxygens (including phenoxy) is 4. The first kappa shape index (κ1) is 21.2. The normalized spacial score (nSPS) is 10.4. The summed E-state index contributed by atoms with van der Waals surface area (Å²) in [5.41, 5.74) is 0. The zero-order valence-electron chi connectivity index (χ0n) is 18.3. The van der Waals surface area contributed by atoms with Crippen molar-refractivity contribution < 1.29 is 18.9 Å². The van der Waals surface area contributed by atoms with Crippen LogP contribution in [0, 0.1) is 6.07 Å². The maximum absolute atomic E-state index is 6.31. The van der Waals surface area contributed by atoms with E-state index in [1.807, 2.05) is 121 Å². The average molecular weight is 445 g/mol. The van der Waals surface area contributed by atoms with Crippen molar-refractivity contribution in [1.82, 2.24) is 0 Å². The molecule has 165 valence electrons. The van der Waals surface area contributed by atoms with Crippen molar-refractivity contribution in [3.8, 4) is 46.0 Å². The third-order valence-electron chi connectivity index (χ3n) is 4.83. The third-order valence-corrected chi connectivity index (χ3v) is 4.83. The van der Waals surface area contributed by atoms with Gasteiger partial charge in [0, 0.05) is 6.07 Å². The molecule has 5 aromatic carbocycles. The number of para-hydroxylation sites is 4. The summed E-state index contributed by atoms with van der Waals surface area (Å²) >= 11 is 0. The Bertz CT molecular complexity index is 1220. The van der Waals surface area contributed by atoms with Gasteiger partial charge in [-0.15, -0.1) is 0 Å². The van der Waals surface area contributed by atoms with E-state index in [2.05, 4.69) is 6.07 Å². The highest BCUT2D eigenvalue weighted by Crippen LogP contribution is 2.50. The number of rotatable bonds is 8. The van der Waals surface area contributed by atoms with Crippen molar-refractivity contribution in [3.63, 3.8) is 0 Å². The van der Waals surface area contributed by atoms with E-state index in [4.69, 9.17) is 18.9 Å². The van der Waals surface area contributed by atoms with Crippen LogP contribution in [0.15, 0.2) is 127 Å². The Hall–Kier alpha value is -4.70. The SMILES string of the molecule is [c]1cc(Oc2ccccc2)c(Oc2ccccc2)c(Oc2ccccc2)c1Oc1ccccc1. The molecule has 4 heteroatoms. The fourth-order valence-electron chi connectivity index (χ4n) is 3.25. The Morgan fingerprint density at radius 2 is 0.765 bits per heavy atom. The second-order valence-electron chi connectivity index (χ2n) is 7.30. The van der Waals surface area contributed by atoms with Crippen LogP contribution in [0.25, 0.3) is 0 Å². The summed E-state index contributed by atoms with van der Waals surface area (Å²) in [6, 6.07) is 42.8. The van der Waals surface area contributed by atoms with Gasteiger partial charge in [-0.05, 0) is 54.6 Å². The van der Waals surface area contributed by atoms with Gasteiger partial charge in [-0.3, -0.25) is 0 Å². The molecule has 0 amide bonds. The first-order valence-electron chi connectivity index (χ1n) is 10.9. The van der Waals surface area contributed by atoms with E-state index in [1.165, 1.54) is 0 Å². The minimum absolute atomic E-state index is 0.354. The first-order chi connectivity index (χ1) is 16.8. The van der Waals surface area contributed by atoms with Crippen LogP contribution in [0.4, 0.5) is 0 Å². The number of benzene rings is 5. The van der Waals surface area contributed by atoms with Crippen LogP contribution in [0.1, 0.15) is 0 Å². The molecular weight excluding hydrogens is 424 g/mol. The van der Waals surface area contributed by atoms with E-state index in [0.29, 0.717) is 46.0 Å². The smallest absolute Gasteiger partial charge is 0.216 e. The van der Waals surface area contributed by atoms with E-state index in [1.54, 1.807) is 6.07 Å². The summed E-state index contributed by atoms with van der Waals surface area (Å²) < 4.78 is 24.9. The van der Waals surface area contributed by atoms with Gasteiger partial charge < -0.3 is 18.9 Å². The van der Waals surface area contributed by atoms with Gasteiger partial charge in [0.2, 0.25) is 11.5 Å². The molecule has 0 N–H and O–H groups in total. The van der Waals surface area contributed by atoms with E-state index < -0.39 is 0 Å². The molecule has 0 atom stereocenters. The summed E-state index contributed by atoms with van der Waals surface area (Å²) in [5, 5.41) is 0. The lowest BCUT2D eigenvalue weighted by atomic mass is 10.2. The van der Waals surface area contributed by atoms with E-state index in [9.17, 15) is 0 Å². The molecule has 0 saturated carbocycles. The molecule has 0 aliphatic rings. The largest absolute Gasteiger partial charge is 0.453 e. The highest BCUT2D eigenvalue weighted by Gasteiger charge is 2.22. The highest BCUT2D eigenvalue weighted by molar-refractivity contribution is 5.62. The van der Waals surface area contributed by atoms with Crippen LogP contribution in [-0.4, -0.2) is 0 Å². The Morgan fingerprint density at radius 1 is 0.382 bits per heavy atom. The molecule has 1 radical (unpaired) electrons. The lowest BCUT2D eigenvalue weighted by Crippen LogP contribution is -1.97. The fourth-order valence-corrected chi connectivity index (χ4v) is 3.25. The molecule has 0 aliphatic heterocycles.